The Bertz CT molecular complexity index is 1610. The molecule has 9 nitrogen and oxygen atoms in total. The van der Waals surface area contributed by atoms with Gasteiger partial charge in [0.1, 0.15) is 22.8 Å². The molecule has 40 heavy (non-hydrogen) atoms. The third kappa shape index (κ3) is 5.75. The molecule has 0 fully saturated rings. The molecule has 3 aromatic carbocycles. The number of carbonyl (C=O) groups excluding carboxylic acids is 1. The fourth-order valence-corrected chi connectivity index (χ4v) is 3.96. The second kappa shape index (κ2) is 11.5. The van der Waals surface area contributed by atoms with Crippen LogP contribution in [0.2, 0.25) is 0 Å². The van der Waals surface area contributed by atoms with Gasteiger partial charge < -0.3 is 33.4 Å². The summed E-state index contributed by atoms with van der Waals surface area (Å²) in [5, 5.41) is 2.50. The summed E-state index contributed by atoms with van der Waals surface area (Å²) in [6.45, 7) is -0.494. The Hall–Kier alpha value is -4.87. The van der Waals surface area contributed by atoms with Crippen molar-refractivity contribution in [2.75, 3.05) is 40.4 Å². The molecule has 0 aliphatic carbocycles. The molecular formula is C28H24F3NO8. The number of hydrogen-bond donors (Lipinski definition) is 1. The standard InChI is InChI=1S/C28H24F3NO8/c1-35-16-7-10-20(36-2)19(12-16)32-24(33)14-39-17-6-8-18-22(13-17)40-27(28(29,30)31)25(26(18)34)15-5-9-21(37-3)23(11-15)38-4/h5-13H,14H2,1-4H3,(H,32,33). The number of carbonyl (C=O) groups is 1. The van der Waals surface area contributed by atoms with Gasteiger partial charge in [0.05, 0.1) is 45.1 Å². The monoisotopic (exact) mass is 559 g/mol. The van der Waals surface area contributed by atoms with Crippen molar-refractivity contribution in [3.8, 4) is 39.9 Å². The van der Waals surface area contributed by atoms with E-state index in [4.69, 9.17) is 28.1 Å². The van der Waals surface area contributed by atoms with Gasteiger partial charge in [-0.25, -0.2) is 0 Å². The van der Waals surface area contributed by atoms with E-state index in [1.165, 1.54) is 58.8 Å². The summed E-state index contributed by atoms with van der Waals surface area (Å²) in [5.41, 5.74) is -1.69. The van der Waals surface area contributed by atoms with Crippen LogP contribution in [0, 0.1) is 0 Å². The summed E-state index contributed by atoms with van der Waals surface area (Å²) in [4.78, 5) is 25.8. The molecule has 1 aromatic heterocycles. The zero-order chi connectivity index (χ0) is 29.0. The topological polar surface area (TPSA) is 105 Å². The number of anilines is 1. The molecule has 210 valence electrons. The van der Waals surface area contributed by atoms with E-state index in [1.54, 1.807) is 18.2 Å². The SMILES string of the molecule is COc1ccc(OC)c(NC(=O)COc2ccc3c(=O)c(-c4ccc(OC)c(OC)c4)c(C(F)(F)F)oc3c2)c1. The van der Waals surface area contributed by atoms with Crippen molar-refractivity contribution in [2.45, 2.75) is 6.18 Å². The Morgan fingerprint density at radius 2 is 1.50 bits per heavy atom. The minimum atomic E-state index is -5.00. The Morgan fingerprint density at radius 1 is 0.825 bits per heavy atom. The van der Waals surface area contributed by atoms with E-state index in [9.17, 15) is 22.8 Å². The third-order valence-electron chi connectivity index (χ3n) is 5.84. The summed E-state index contributed by atoms with van der Waals surface area (Å²) in [5.74, 6) is -0.775. The van der Waals surface area contributed by atoms with Gasteiger partial charge in [-0.05, 0) is 42.0 Å². The maximum Gasteiger partial charge on any atom is 0.450 e. The minimum absolute atomic E-state index is 0.00963. The van der Waals surface area contributed by atoms with Crippen molar-refractivity contribution in [3.05, 3.63) is 70.6 Å². The van der Waals surface area contributed by atoms with E-state index >= 15 is 0 Å². The van der Waals surface area contributed by atoms with Crippen LogP contribution in [-0.2, 0) is 11.0 Å². The van der Waals surface area contributed by atoms with Gasteiger partial charge in [0, 0.05) is 12.1 Å². The summed E-state index contributed by atoms with van der Waals surface area (Å²) >= 11 is 0. The third-order valence-corrected chi connectivity index (χ3v) is 5.84. The molecule has 0 aliphatic heterocycles. The second-order valence-electron chi connectivity index (χ2n) is 8.26. The lowest BCUT2D eigenvalue weighted by Gasteiger charge is -2.15. The maximum absolute atomic E-state index is 14.1. The first-order valence-corrected chi connectivity index (χ1v) is 11.6. The number of fused-ring (bicyclic) bond motifs is 1. The fourth-order valence-electron chi connectivity index (χ4n) is 3.96. The van der Waals surface area contributed by atoms with Gasteiger partial charge in [-0.3, -0.25) is 9.59 Å². The minimum Gasteiger partial charge on any atom is -0.497 e. The first-order valence-electron chi connectivity index (χ1n) is 11.6. The molecule has 0 aliphatic rings. The lowest BCUT2D eigenvalue weighted by atomic mass is 10.0. The highest BCUT2D eigenvalue weighted by molar-refractivity contribution is 5.93. The molecule has 1 heterocycles. The number of benzene rings is 3. The smallest absolute Gasteiger partial charge is 0.450 e. The van der Waals surface area contributed by atoms with E-state index < -0.39 is 35.4 Å². The van der Waals surface area contributed by atoms with Gasteiger partial charge >= 0.3 is 6.18 Å². The maximum atomic E-state index is 14.1. The largest absolute Gasteiger partial charge is 0.497 e. The molecule has 4 aromatic rings. The Labute approximate surface area is 226 Å². The van der Waals surface area contributed by atoms with Crippen LogP contribution in [0.25, 0.3) is 22.1 Å². The van der Waals surface area contributed by atoms with Gasteiger partial charge in [-0.2, -0.15) is 13.2 Å². The van der Waals surface area contributed by atoms with Crippen LogP contribution in [0.15, 0.2) is 63.8 Å². The average Bonchev–Trinajstić information content (AvgIpc) is 2.94. The van der Waals surface area contributed by atoms with Crippen LogP contribution in [0.4, 0.5) is 18.9 Å². The predicted molar refractivity (Wildman–Crippen MR) is 140 cm³/mol. The molecule has 1 N–H and O–H groups in total. The molecule has 4 rings (SSSR count). The number of halogens is 3. The van der Waals surface area contributed by atoms with E-state index in [1.807, 2.05) is 0 Å². The molecule has 12 heteroatoms. The highest BCUT2D eigenvalue weighted by Crippen LogP contribution is 2.40. The lowest BCUT2D eigenvalue weighted by Crippen LogP contribution is -2.20. The highest BCUT2D eigenvalue weighted by atomic mass is 19.4. The summed E-state index contributed by atoms with van der Waals surface area (Å²) in [6.07, 6.45) is -5.00. The predicted octanol–water partition coefficient (Wildman–Crippen LogP) is 5.53. The first-order chi connectivity index (χ1) is 19.1. The average molecular weight is 559 g/mol. The number of ether oxygens (including phenoxy) is 5. The van der Waals surface area contributed by atoms with Crippen LogP contribution in [0.1, 0.15) is 5.76 Å². The number of hydrogen-bond acceptors (Lipinski definition) is 8. The molecule has 0 saturated carbocycles. The van der Waals surface area contributed by atoms with Crippen molar-refractivity contribution in [2.24, 2.45) is 0 Å². The van der Waals surface area contributed by atoms with Crippen LogP contribution in [-0.4, -0.2) is 41.0 Å². The number of rotatable bonds is 9. The number of methoxy groups -OCH3 is 4. The van der Waals surface area contributed by atoms with Crippen molar-refractivity contribution in [1.29, 1.82) is 0 Å². The normalized spacial score (nSPS) is 11.2. The van der Waals surface area contributed by atoms with Crippen molar-refractivity contribution < 1.29 is 46.1 Å². The van der Waals surface area contributed by atoms with Gasteiger partial charge in [-0.1, -0.05) is 6.07 Å². The fraction of sp³-hybridized carbons (Fsp3) is 0.214. The summed E-state index contributed by atoms with van der Waals surface area (Å²) < 4.78 is 73.5. The van der Waals surface area contributed by atoms with Crippen molar-refractivity contribution >= 4 is 22.6 Å². The van der Waals surface area contributed by atoms with E-state index in [0.29, 0.717) is 17.2 Å². The number of alkyl halides is 3. The molecule has 0 bridgehead atoms. The Balaban J connectivity index is 1.65. The highest BCUT2D eigenvalue weighted by Gasteiger charge is 2.39. The summed E-state index contributed by atoms with van der Waals surface area (Å²) in [6, 6.07) is 12.5. The zero-order valence-electron chi connectivity index (χ0n) is 21.8. The van der Waals surface area contributed by atoms with Crippen molar-refractivity contribution in [1.82, 2.24) is 0 Å². The molecule has 1 amide bonds. The quantitative estimate of drug-likeness (QED) is 0.285. The molecule has 0 radical (unpaired) electrons. The van der Waals surface area contributed by atoms with E-state index in [2.05, 4.69) is 5.32 Å². The Morgan fingerprint density at radius 3 is 2.15 bits per heavy atom. The molecule has 0 unspecified atom stereocenters. The van der Waals surface area contributed by atoms with Crippen LogP contribution in [0.3, 0.4) is 0 Å². The van der Waals surface area contributed by atoms with Gasteiger partial charge in [-0.15, -0.1) is 0 Å². The molecule has 0 atom stereocenters. The van der Waals surface area contributed by atoms with Gasteiger partial charge in [0.25, 0.3) is 5.91 Å². The molecular weight excluding hydrogens is 535 g/mol. The second-order valence-corrected chi connectivity index (χ2v) is 8.26. The first kappa shape index (κ1) is 28.1. The van der Waals surface area contributed by atoms with Crippen LogP contribution < -0.4 is 34.4 Å². The molecule has 0 saturated heterocycles. The van der Waals surface area contributed by atoms with Gasteiger partial charge in [0.2, 0.25) is 11.2 Å². The van der Waals surface area contributed by atoms with Gasteiger partial charge in [0.15, 0.2) is 18.1 Å². The van der Waals surface area contributed by atoms with E-state index in [-0.39, 0.29) is 33.8 Å². The van der Waals surface area contributed by atoms with Crippen LogP contribution in [0.5, 0.6) is 28.7 Å². The Kier molecular flexibility index (Phi) is 8.08. The van der Waals surface area contributed by atoms with Crippen molar-refractivity contribution in [3.63, 3.8) is 0 Å². The number of nitrogens with one attached hydrogen (secondary N) is 1. The van der Waals surface area contributed by atoms with E-state index in [0.717, 1.165) is 6.07 Å². The lowest BCUT2D eigenvalue weighted by molar-refractivity contribution is -0.152. The molecule has 0 spiro atoms. The zero-order valence-corrected chi connectivity index (χ0v) is 21.8. The van der Waals surface area contributed by atoms with Crippen LogP contribution >= 0.6 is 0 Å². The summed E-state index contributed by atoms with van der Waals surface area (Å²) in [7, 11) is 5.60. The number of amides is 1.